The second kappa shape index (κ2) is 3.07. The van der Waals surface area contributed by atoms with E-state index in [1.165, 1.54) is 0 Å². The topological polar surface area (TPSA) is 23.5 Å². The van der Waals surface area contributed by atoms with Gasteiger partial charge in [-0.1, -0.05) is 12.1 Å². The first-order valence-corrected chi connectivity index (χ1v) is 3.88. The number of rotatable bonds is 1. The van der Waals surface area contributed by atoms with Gasteiger partial charge in [-0.3, -0.25) is 0 Å². The maximum atomic E-state index is 9.64. The first-order valence-electron chi connectivity index (χ1n) is 7.58. The normalized spacial score (nSPS) is 39.5. The third-order valence-corrected chi connectivity index (χ3v) is 1.86. The lowest BCUT2D eigenvalue weighted by Crippen LogP contribution is -2.50. The molecule has 1 fully saturated rings. The maximum absolute atomic E-state index is 9.64. The van der Waals surface area contributed by atoms with Gasteiger partial charge in [0.1, 0.15) is 0 Å². The molecule has 0 unspecified atom stereocenters. The number of anilines is 1. The smallest absolute Gasteiger partial charge is 0.0889 e. The van der Waals surface area contributed by atoms with Crippen LogP contribution in [0.2, 0.25) is 0 Å². The Kier molecular flexibility index (Phi) is 0.697. The molecule has 0 saturated carbocycles. The standard InChI is InChI=1S/C9H10BrNO/c10-8-3-1-2-4-9(8)11-5-7(12)6-11/h1-4,7,12H,5-6H2/i1D,2D,3D,4D,5D2,6D2,7D. The highest BCUT2D eigenvalue weighted by Gasteiger charge is 2.25. The van der Waals surface area contributed by atoms with Gasteiger partial charge in [0.2, 0.25) is 0 Å². The molecule has 1 saturated heterocycles. The number of para-hydroxylation sites is 1. The Labute approximate surface area is 92.6 Å². The molecule has 1 aliphatic heterocycles. The van der Waals surface area contributed by atoms with Crippen molar-refractivity contribution in [2.75, 3.05) is 17.9 Å². The van der Waals surface area contributed by atoms with Crippen LogP contribution in [0.5, 0.6) is 0 Å². The number of benzene rings is 1. The summed E-state index contributed by atoms with van der Waals surface area (Å²) in [4.78, 5) is 0.342. The van der Waals surface area contributed by atoms with Crippen molar-refractivity contribution in [1.82, 2.24) is 0 Å². The van der Waals surface area contributed by atoms with Gasteiger partial charge in [-0.25, -0.2) is 0 Å². The van der Waals surface area contributed by atoms with Crippen molar-refractivity contribution in [3.63, 3.8) is 0 Å². The number of β-amino-alcohol motifs (C(OH)–C–C–N with tert-alkyl or cyclic N) is 1. The third kappa shape index (κ3) is 1.34. The summed E-state index contributed by atoms with van der Waals surface area (Å²) in [7, 11) is 0. The molecule has 0 spiro atoms. The fourth-order valence-corrected chi connectivity index (χ4v) is 1.14. The minimum Gasteiger partial charge on any atom is -0.389 e. The van der Waals surface area contributed by atoms with Crippen molar-refractivity contribution >= 4 is 21.6 Å². The van der Waals surface area contributed by atoms with E-state index in [-0.39, 0.29) is 4.47 Å². The zero-order valence-electron chi connectivity index (χ0n) is 14.8. The van der Waals surface area contributed by atoms with Gasteiger partial charge in [0.15, 0.2) is 0 Å². The van der Waals surface area contributed by atoms with Gasteiger partial charge in [-0.2, -0.15) is 0 Å². The molecule has 0 aromatic heterocycles. The molecule has 1 N–H and O–H groups in total. The SMILES string of the molecule is [2H]c1c([2H])c([2H])c(N2C([2H])([2H])C([2H])(O)C2([2H])[2H])c(Br)c1[2H]. The second-order valence-corrected chi connectivity index (χ2v) is 2.86. The largest absolute Gasteiger partial charge is 0.389 e. The molecule has 1 aliphatic rings. The highest BCUT2D eigenvalue weighted by atomic mass is 79.9. The average Bonchev–Trinajstić information content (AvgIpc) is 2.37. The molecule has 1 heterocycles. The fourth-order valence-electron chi connectivity index (χ4n) is 0.768. The Morgan fingerprint density at radius 1 is 1.67 bits per heavy atom. The van der Waals surface area contributed by atoms with Crippen LogP contribution >= 0.6 is 15.9 Å². The van der Waals surface area contributed by atoms with Crippen LogP contribution in [0.1, 0.15) is 12.3 Å². The van der Waals surface area contributed by atoms with Gasteiger partial charge in [0.05, 0.1) is 24.1 Å². The van der Waals surface area contributed by atoms with E-state index in [0.29, 0.717) is 4.90 Å². The summed E-state index contributed by atoms with van der Waals surface area (Å²) in [6.45, 7) is -5.73. The molecule has 0 amide bonds. The van der Waals surface area contributed by atoms with Gasteiger partial charge >= 0.3 is 0 Å². The van der Waals surface area contributed by atoms with E-state index in [1.54, 1.807) is 0 Å². The van der Waals surface area contributed by atoms with Gasteiger partial charge in [0, 0.05) is 17.5 Å². The third-order valence-electron chi connectivity index (χ3n) is 1.28. The van der Waals surface area contributed by atoms with Gasteiger partial charge in [0.25, 0.3) is 0 Å². The van der Waals surface area contributed by atoms with Crippen LogP contribution in [0.3, 0.4) is 0 Å². The summed E-state index contributed by atoms with van der Waals surface area (Å²) in [5.41, 5.74) is -0.479. The Morgan fingerprint density at radius 3 is 3.08 bits per heavy atom. The van der Waals surface area contributed by atoms with E-state index in [2.05, 4.69) is 15.9 Å². The van der Waals surface area contributed by atoms with E-state index in [4.69, 9.17) is 12.3 Å². The quantitative estimate of drug-likeness (QED) is 0.802. The van der Waals surface area contributed by atoms with E-state index in [1.807, 2.05) is 0 Å². The van der Waals surface area contributed by atoms with Crippen LogP contribution in [0.15, 0.2) is 28.6 Å². The van der Waals surface area contributed by atoms with Gasteiger partial charge < -0.3 is 10.0 Å². The Bertz CT molecular complexity index is 585. The molecule has 64 valence electrons. The minimum absolute atomic E-state index is 0.239. The maximum Gasteiger partial charge on any atom is 0.0889 e. The van der Waals surface area contributed by atoms with Gasteiger partial charge in [-0.05, 0) is 28.0 Å². The number of aliphatic hydroxyl groups is 1. The number of halogens is 1. The summed E-state index contributed by atoms with van der Waals surface area (Å²) in [6.07, 6.45) is -3.07. The second-order valence-electron chi connectivity index (χ2n) is 2.07. The van der Waals surface area contributed by atoms with E-state index < -0.39 is 48.9 Å². The van der Waals surface area contributed by atoms with Crippen LogP contribution in [-0.4, -0.2) is 24.2 Å². The average molecular weight is 237 g/mol. The van der Waals surface area contributed by atoms with Crippen LogP contribution in [-0.2, 0) is 0 Å². The van der Waals surface area contributed by atoms with Crippen LogP contribution in [0.25, 0.3) is 0 Å². The Balaban J connectivity index is 2.75. The van der Waals surface area contributed by atoms with Crippen molar-refractivity contribution in [3.05, 3.63) is 28.6 Å². The van der Waals surface area contributed by atoms with E-state index >= 15 is 0 Å². The summed E-state index contributed by atoms with van der Waals surface area (Å²) in [5, 5.41) is 9.64. The molecule has 0 bridgehead atoms. The Morgan fingerprint density at radius 2 is 2.33 bits per heavy atom. The van der Waals surface area contributed by atoms with Crippen LogP contribution < -0.4 is 4.90 Å². The summed E-state index contributed by atoms with van der Waals surface area (Å²) >= 11 is 2.90. The van der Waals surface area contributed by atoms with Gasteiger partial charge in [-0.15, -0.1) is 0 Å². The van der Waals surface area contributed by atoms with Crippen LogP contribution in [0, 0.1) is 0 Å². The number of hydrogen-bond donors (Lipinski definition) is 1. The molecule has 0 radical (unpaired) electrons. The fraction of sp³-hybridized carbons (Fsp3) is 0.333. The first-order chi connectivity index (χ1) is 9.30. The van der Waals surface area contributed by atoms with E-state index in [9.17, 15) is 5.11 Å². The monoisotopic (exact) mass is 236 g/mol. The lowest BCUT2D eigenvalue weighted by molar-refractivity contribution is 0.142. The summed E-state index contributed by atoms with van der Waals surface area (Å²) in [6, 6.07) is -2.38. The summed E-state index contributed by atoms with van der Waals surface area (Å²) in [5.74, 6) is 0. The highest BCUT2D eigenvalue weighted by Crippen LogP contribution is 2.28. The van der Waals surface area contributed by atoms with Crippen molar-refractivity contribution in [2.45, 2.75) is 6.08 Å². The zero-order chi connectivity index (χ0) is 16.5. The van der Waals surface area contributed by atoms with Crippen molar-refractivity contribution < 1.29 is 17.4 Å². The Hall–Kier alpha value is -0.540. The molecular weight excluding hydrogens is 218 g/mol. The molecular formula is C9H10BrNO. The molecule has 1 aromatic rings. The lowest BCUT2D eigenvalue weighted by Gasteiger charge is -2.38. The van der Waals surface area contributed by atoms with Crippen molar-refractivity contribution in [2.24, 2.45) is 0 Å². The van der Waals surface area contributed by atoms with E-state index in [0.717, 1.165) is 0 Å². The lowest BCUT2D eigenvalue weighted by atomic mass is 10.1. The zero-order valence-corrected chi connectivity index (χ0v) is 7.36. The molecule has 12 heavy (non-hydrogen) atoms. The molecule has 0 atom stereocenters. The van der Waals surface area contributed by atoms with Crippen molar-refractivity contribution in [3.8, 4) is 0 Å². The summed E-state index contributed by atoms with van der Waals surface area (Å²) < 4.78 is 68.3. The molecule has 1 aromatic carbocycles. The minimum atomic E-state index is -3.07. The molecule has 3 heteroatoms. The van der Waals surface area contributed by atoms with Crippen LogP contribution in [0.4, 0.5) is 5.69 Å². The molecule has 2 rings (SSSR count). The predicted molar refractivity (Wildman–Crippen MR) is 52.4 cm³/mol. The highest BCUT2D eigenvalue weighted by molar-refractivity contribution is 9.10. The molecule has 0 aliphatic carbocycles. The number of hydrogen-bond acceptors (Lipinski definition) is 2. The molecule has 2 nitrogen and oxygen atoms in total. The number of nitrogens with zero attached hydrogens (tertiary/aromatic N) is 1. The van der Waals surface area contributed by atoms with Crippen molar-refractivity contribution in [1.29, 1.82) is 0 Å². The predicted octanol–water partition coefficient (Wildman–Crippen LogP) is 1.63. The first kappa shape index (κ1) is 2.72.